The molecular weight excluding hydrogens is 480 g/mol. The van der Waals surface area contributed by atoms with E-state index < -0.39 is 33.9 Å². The Labute approximate surface area is 227 Å². The number of allylic oxidation sites excluding steroid dienone is 3. The lowest BCUT2D eigenvalue weighted by atomic mass is 9.42. The van der Waals surface area contributed by atoms with Gasteiger partial charge in [-0.25, -0.2) is 0 Å². The van der Waals surface area contributed by atoms with Gasteiger partial charge in [0.15, 0.2) is 11.6 Å². The van der Waals surface area contributed by atoms with Crippen LogP contribution in [0.25, 0.3) is 0 Å². The highest BCUT2D eigenvalue weighted by atomic mass is 16.3. The molecule has 6 nitrogen and oxygen atoms in total. The minimum atomic E-state index is -0.909. The minimum absolute atomic E-state index is 0.00433. The number of hydrogen-bond donors (Lipinski definition) is 2. The fourth-order valence-corrected chi connectivity index (χ4v) is 9.29. The second-order valence-corrected chi connectivity index (χ2v) is 14.2. The topological polar surface area (TPSA) is 109 Å². The summed E-state index contributed by atoms with van der Waals surface area (Å²) in [6.45, 7) is 15.3. The average molecular weight is 527 g/mol. The molecule has 0 bridgehead atoms. The lowest BCUT2D eigenvalue weighted by molar-refractivity contribution is -0.145. The third-order valence-corrected chi connectivity index (χ3v) is 11.4. The van der Waals surface area contributed by atoms with E-state index in [9.17, 15) is 29.4 Å². The van der Waals surface area contributed by atoms with E-state index >= 15 is 0 Å². The van der Waals surface area contributed by atoms with Crippen LogP contribution >= 0.6 is 0 Å². The van der Waals surface area contributed by atoms with Gasteiger partial charge in [0.05, 0.1) is 12.2 Å². The fourth-order valence-electron chi connectivity index (χ4n) is 9.29. The lowest BCUT2D eigenvalue weighted by Gasteiger charge is -2.61. The number of ketones is 4. The van der Waals surface area contributed by atoms with Crippen LogP contribution in [0.5, 0.6) is 0 Å². The van der Waals surface area contributed by atoms with E-state index in [2.05, 4.69) is 6.92 Å². The van der Waals surface area contributed by atoms with Crippen molar-refractivity contribution >= 4 is 23.1 Å². The van der Waals surface area contributed by atoms with Crippen molar-refractivity contribution in [1.82, 2.24) is 0 Å². The molecule has 0 saturated heterocycles. The van der Waals surface area contributed by atoms with Gasteiger partial charge in [-0.05, 0) is 67.9 Å². The first-order valence-electron chi connectivity index (χ1n) is 14.3. The molecule has 4 aliphatic rings. The van der Waals surface area contributed by atoms with Crippen LogP contribution in [0, 0.1) is 39.4 Å². The summed E-state index contributed by atoms with van der Waals surface area (Å²) in [5, 5.41) is 23.3. The first-order chi connectivity index (χ1) is 17.4. The fraction of sp³-hybridized carbons (Fsp3) is 0.750. The molecule has 0 amide bonds. The highest BCUT2D eigenvalue weighted by Gasteiger charge is 2.69. The number of fused-ring (bicyclic) bond motifs is 4. The molecular formula is C32H46O6. The van der Waals surface area contributed by atoms with Crippen LogP contribution in [0.3, 0.4) is 0 Å². The van der Waals surface area contributed by atoms with E-state index in [1.54, 1.807) is 6.08 Å². The van der Waals surface area contributed by atoms with Crippen LogP contribution in [0.1, 0.15) is 100 Å². The van der Waals surface area contributed by atoms with Crippen LogP contribution in [-0.2, 0) is 19.2 Å². The molecule has 0 radical (unpaired) electrons. The van der Waals surface area contributed by atoms with Gasteiger partial charge in [-0.1, -0.05) is 47.1 Å². The second-order valence-electron chi connectivity index (χ2n) is 14.2. The number of aliphatic hydroxyl groups is 2. The van der Waals surface area contributed by atoms with Gasteiger partial charge in [0.2, 0.25) is 0 Å². The summed E-state index contributed by atoms with van der Waals surface area (Å²) in [6, 6.07) is 0. The van der Waals surface area contributed by atoms with E-state index in [1.807, 2.05) is 41.5 Å². The quantitative estimate of drug-likeness (QED) is 0.474. The zero-order valence-electron chi connectivity index (χ0n) is 24.4. The number of rotatable bonds is 6. The molecule has 0 aliphatic heterocycles. The number of hydrogen-bond acceptors (Lipinski definition) is 6. The molecule has 0 unspecified atom stereocenters. The molecule has 0 aromatic rings. The van der Waals surface area contributed by atoms with Crippen molar-refractivity contribution in [3.8, 4) is 0 Å². The maximum Gasteiger partial charge on any atom is 0.160 e. The number of carbonyl (C=O) groups is 4. The Balaban J connectivity index is 1.76. The predicted molar refractivity (Wildman–Crippen MR) is 145 cm³/mol. The molecule has 210 valence electrons. The maximum absolute atomic E-state index is 14.1. The molecule has 0 aromatic carbocycles. The van der Waals surface area contributed by atoms with Gasteiger partial charge in [-0.2, -0.15) is 0 Å². The molecule has 4 aliphatic carbocycles. The van der Waals surface area contributed by atoms with Crippen LogP contribution in [0.2, 0.25) is 0 Å². The zero-order valence-corrected chi connectivity index (χ0v) is 24.4. The molecule has 4 rings (SSSR count). The van der Waals surface area contributed by atoms with Gasteiger partial charge >= 0.3 is 0 Å². The second kappa shape index (κ2) is 9.33. The first-order valence-corrected chi connectivity index (χ1v) is 14.3. The Bertz CT molecular complexity index is 1140. The van der Waals surface area contributed by atoms with Crippen molar-refractivity contribution in [2.45, 2.75) is 113 Å². The summed E-state index contributed by atoms with van der Waals surface area (Å²) >= 11 is 0. The van der Waals surface area contributed by atoms with E-state index in [1.165, 1.54) is 6.92 Å². The molecule has 38 heavy (non-hydrogen) atoms. The predicted octanol–water partition coefficient (Wildman–Crippen LogP) is 4.95. The molecule has 0 aromatic heterocycles. The molecule has 2 saturated carbocycles. The third-order valence-electron chi connectivity index (χ3n) is 11.4. The van der Waals surface area contributed by atoms with Crippen molar-refractivity contribution in [3.63, 3.8) is 0 Å². The van der Waals surface area contributed by atoms with Gasteiger partial charge in [0.1, 0.15) is 11.6 Å². The number of Topliss-reactive ketones (excluding diaryl/α,β-unsaturated/α-hetero) is 3. The Hall–Kier alpha value is -1.92. The Morgan fingerprint density at radius 3 is 2.26 bits per heavy atom. The van der Waals surface area contributed by atoms with Gasteiger partial charge in [-0.3, -0.25) is 14.4 Å². The summed E-state index contributed by atoms with van der Waals surface area (Å²) in [4.78, 5) is 51.3. The zero-order chi connectivity index (χ0) is 28.6. The summed E-state index contributed by atoms with van der Waals surface area (Å²) in [6.07, 6.45) is 2.62. The maximum atomic E-state index is 14.1. The SMILES string of the molecule is CC(=O)C[C@@H](C)CC(=O)C=C(C)[C@H]1C[C@H](O)[C@@]2(C)C3=C(C(=O)C[C@]12C)[C@@]1(C)CCC(=O)C(C)(C)[C@@H]1C[C@@H]3O. The van der Waals surface area contributed by atoms with Gasteiger partial charge in [-0.15, -0.1) is 0 Å². The summed E-state index contributed by atoms with van der Waals surface area (Å²) in [7, 11) is 0. The van der Waals surface area contributed by atoms with Crippen LogP contribution in [-0.4, -0.2) is 45.6 Å². The summed E-state index contributed by atoms with van der Waals surface area (Å²) < 4.78 is 0. The van der Waals surface area contributed by atoms with Crippen molar-refractivity contribution in [2.75, 3.05) is 0 Å². The smallest absolute Gasteiger partial charge is 0.160 e. The van der Waals surface area contributed by atoms with Gasteiger partial charge < -0.3 is 15.0 Å². The van der Waals surface area contributed by atoms with E-state index in [-0.39, 0.29) is 53.7 Å². The highest BCUT2D eigenvalue weighted by molar-refractivity contribution is 6.01. The summed E-state index contributed by atoms with van der Waals surface area (Å²) in [5.41, 5.74) is -0.505. The Morgan fingerprint density at radius 1 is 1.03 bits per heavy atom. The molecule has 6 heteroatoms. The first kappa shape index (κ1) is 29.1. The monoisotopic (exact) mass is 526 g/mol. The van der Waals surface area contributed by atoms with Crippen molar-refractivity contribution < 1.29 is 29.4 Å². The Morgan fingerprint density at radius 2 is 1.66 bits per heavy atom. The standard InChI is InChI=1S/C32H46O6/c1-17(11-19(3)33)12-20(34)13-18(2)21-14-26(38)32(8)28-22(35)15-24-29(4,5)25(37)9-10-30(24,6)27(28)23(36)16-31(21,32)7/h13,17,21-22,24,26,35,38H,9-12,14-16H2,1-8H3/t17-,21-,22+,24+,26+,30+,31-,32+/m1/s1. The number of carbonyl (C=O) groups excluding carboxylic acids is 4. The molecule has 0 heterocycles. The normalized spacial score (nSPS) is 41.4. The van der Waals surface area contributed by atoms with Crippen molar-refractivity contribution in [3.05, 3.63) is 22.8 Å². The van der Waals surface area contributed by atoms with Crippen LogP contribution in [0.15, 0.2) is 22.8 Å². The molecule has 2 N–H and O–H groups in total. The van der Waals surface area contributed by atoms with Gasteiger partial charge in [0.25, 0.3) is 0 Å². The largest absolute Gasteiger partial charge is 0.392 e. The lowest BCUT2D eigenvalue weighted by Crippen LogP contribution is -2.60. The van der Waals surface area contributed by atoms with E-state index in [4.69, 9.17) is 0 Å². The minimum Gasteiger partial charge on any atom is -0.392 e. The molecule has 8 atom stereocenters. The highest BCUT2D eigenvalue weighted by Crippen LogP contribution is 2.71. The third kappa shape index (κ3) is 4.04. The van der Waals surface area contributed by atoms with E-state index in [0.29, 0.717) is 43.3 Å². The summed E-state index contributed by atoms with van der Waals surface area (Å²) in [5.74, 6) is -0.190. The van der Waals surface area contributed by atoms with Gasteiger partial charge in [0, 0.05) is 47.5 Å². The Kier molecular flexibility index (Phi) is 7.14. The number of aliphatic hydroxyl groups excluding tert-OH is 2. The average Bonchev–Trinajstić information content (AvgIpc) is 2.98. The van der Waals surface area contributed by atoms with Crippen molar-refractivity contribution in [2.24, 2.45) is 39.4 Å². The van der Waals surface area contributed by atoms with Crippen molar-refractivity contribution in [1.29, 1.82) is 0 Å². The molecule has 2 fully saturated rings. The van der Waals surface area contributed by atoms with Crippen LogP contribution < -0.4 is 0 Å². The molecule has 0 spiro atoms. The van der Waals surface area contributed by atoms with E-state index in [0.717, 1.165) is 5.57 Å². The van der Waals surface area contributed by atoms with Crippen LogP contribution in [0.4, 0.5) is 0 Å².